The van der Waals surface area contributed by atoms with Crippen LogP contribution in [-0.2, 0) is 26.2 Å². The fourth-order valence-corrected chi connectivity index (χ4v) is 7.35. The van der Waals surface area contributed by atoms with Gasteiger partial charge in [0, 0.05) is 18.6 Å². The van der Waals surface area contributed by atoms with Gasteiger partial charge in [0.25, 0.3) is 5.91 Å². The van der Waals surface area contributed by atoms with E-state index in [2.05, 4.69) is 5.32 Å². The van der Waals surface area contributed by atoms with Gasteiger partial charge >= 0.3 is 22.6 Å². The van der Waals surface area contributed by atoms with Crippen LogP contribution in [0.4, 0.5) is 32.0 Å². The van der Waals surface area contributed by atoms with Gasteiger partial charge in [-0.1, -0.05) is 0 Å². The second kappa shape index (κ2) is 7.46. The minimum Gasteiger partial charge on any atom is -0.346 e. The molecule has 2 bridgehead atoms. The molecule has 34 heavy (non-hydrogen) atoms. The third kappa shape index (κ3) is 4.34. The van der Waals surface area contributed by atoms with E-state index in [9.17, 15) is 48.0 Å². The summed E-state index contributed by atoms with van der Waals surface area (Å²) >= 11 is 0. The van der Waals surface area contributed by atoms with Gasteiger partial charge in [0.15, 0.2) is 9.84 Å². The predicted molar refractivity (Wildman–Crippen MR) is 107 cm³/mol. The molecule has 1 heterocycles. The summed E-state index contributed by atoms with van der Waals surface area (Å²) in [4.78, 5) is 12.8. The van der Waals surface area contributed by atoms with Gasteiger partial charge in [-0.2, -0.15) is 39.1 Å². The lowest BCUT2D eigenvalue weighted by Crippen LogP contribution is -2.78. The molecule has 190 valence electrons. The van der Waals surface area contributed by atoms with Crippen LogP contribution in [0.3, 0.4) is 0 Å². The normalized spacial score (nSPS) is 29.0. The molecule has 1 amide bonds. The first kappa shape index (κ1) is 25.0. The van der Waals surface area contributed by atoms with Gasteiger partial charge in [0.1, 0.15) is 0 Å². The number of halogens is 6. The average molecular weight is 535 g/mol. The number of hydrogen-bond donors (Lipinski definition) is 2. The molecule has 3 aliphatic carbocycles. The fourth-order valence-electron chi connectivity index (χ4n) is 4.67. The number of sulfone groups is 1. The summed E-state index contributed by atoms with van der Waals surface area (Å²) in [6.45, 7) is -0.773. The highest BCUT2D eigenvalue weighted by Gasteiger charge is 2.79. The van der Waals surface area contributed by atoms with Crippen LogP contribution >= 0.6 is 0 Å². The van der Waals surface area contributed by atoms with Crippen molar-refractivity contribution in [2.75, 3.05) is 29.3 Å². The molecule has 8 nitrogen and oxygen atoms in total. The van der Waals surface area contributed by atoms with Crippen molar-refractivity contribution in [3.05, 3.63) is 29.3 Å². The number of nitrogens with zero attached hydrogens (tertiary/aromatic N) is 1. The average Bonchev–Trinajstić information content (AvgIpc) is 2.60. The van der Waals surface area contributed by atoms with E-state index in [1.807, 2.05) is 4.72 Å². The maximum absolute atomic E-state index is 13.2. The molecule has 4 aliphatic rings. The molecule has 16 heteroatoms. The number of anilines is 1. The highest BCUT2D eigenvalue weighted by Crippen LogP contribution is 2.73. The van der Waals surface area contributed by atoms with Crippen LogP contribution in [0.2, 0.25) is 0 Å². The quantitative estimate of drug-likeness (QED) is 0.562. The number of nitrogens with one attached hydrogen (secondary N) is 2. The molecule has 1 aliphatic heterocycles. The number of rotatable bonds is 5. The molecule has 5 rings (SSSR count). The van der Waals surface area contributed by atoms with E-state index in [1.165, 1.54) is 0 Å². The van der Waals surface area contributed by atoms with Gasteiger partial charge in [-0.05, 0) is 37.5 Å². The van der Waals surface area contributed by atoms with Crippen molar-refractivity contribution in [1.82, 2.24) is 9.62 Å². The summed E-state index contributed by atoms with van der Waals surface area (Å²) < 4.78 is 130. The maximum Gasteiger partial charge on any atom is 0.416 e. The highest BCUT2D eigenvalue weighted by molar-refractivity contribution is 7.92. The smallest absolute Gasteiger partial charge is 0.346 e. The zero-order valence-electron chi connectivity index (χ0n) is 17.3. The Morgan fingerprint density at radius 1 is 1.00 bits per heavy atom. The SMILES string of the molecule is O=C(NC12CC(C(F)(F)F)(C1)C2)c1cc(C(F)(F)F)ccc1NS(=O)(=O)N1CCS(=O)(=O)CC1. The third-order valence-corrected chi connectivity index (χ3v) is 9.62. The van der Waals surface area contributed by atoms with E-state index >= 15 is 0 Å². The topological polar surface area (TPSA) is 113 Å². The minimum atomic E-state index is -4.87. The lowest BCUT2D eigenvalue weighted by Gasteiger charge is -2.70. The van der Waals surface area contributed by atoms with Crippen molar-refractivity contribution in [2.24, 2.45) is 5.41 Å². The predicted octanol–water partition coefficient (Wildman–Crippen LogP) is 2.31. The van der Waals surface area contributed by atoms with Gasteiger partial charge in [0.2, 0.25) is 0 Å². The van der Waals surface area contributed by atoms with Crippen molar-refractivity contribution in [3.8, 4) is 0 Å². The minimum absolute atomic E-state index is 0.386. The molecule has 1 aromatic carbocycles. The van der Waals surface area contributed by atoms with Crippen LogP contribution in [0.25, 0.3) is 0 Å². The molecule has 0 unspecified atom stereocenters. The van der Waals surface area contributed by atoms with Crippen molar-refractivity contribution < 1.29 is 48.0 Å². The van der Waals surface area contributed by atoms with Gasteiger partial charge in [-0.3, -0.25) is 9.52 Å². The molecule has 0 spiro atoms. The van der Waals surface area contributed by atoms with E-state index < -0.39 is 96.8 Å². The van der Waals surface area contributed by atoms with Gasteiger partial charge in [-0.25, -0.2) is 8.42 Å². The van der Waals surface area contributed by atoms with Gasteiger partial charge in [-0.15, -0.1) is 0 Å². The Kier molecular flexibility index (Phi) is 5.50. The van der Waals surface area contributed by atoms with E-state index in [4.69, 9.17) is 0 Å². The Balaban J connectivity index is 1.57. The summed E-state index contributed by atoms with van der Waals surface area (Å²) in [5.74, 6) is -2.05. The molecule has 1 aromatic rings. The molecule has 0 radical (unpaired) electrons. The van der Waals surface area contributed by atoms with Crippen molar-refractivity contribution in [2.45, 2.75) is 37.2 Å². The number of benzene rings is 1. The summed E-state index contributed by atoms with van der Waals surface area (Å²) in [5, 5.41) is 2.33. The molecule has 2 N–H and O–H groups in total. The summed E-state index contributed by atoms with van der Waals surface area (Å²) in [6, 6.07) is 1.70. The Bertz CT molecular complexity index is 1210. The second-order valence-electron chi connectivity index (χ2n) is 8.96. The zero-order valence-corrected chi connectivity index (χ0v) is 18.9. The first-order valence-electron chi connectivity index (χ1n) is 9.96. The van der Waals surface area contributed by atoms with Gasteiger partial charge in [0.05, 0.1) is 33.7 Å². The first-order chi connectivity index (χ1) is 15.4. The number of hydrogen-bond acceptors (Lipinski definition) is 5. The number of carbonyl (C=O) groups is 1. The number of alkyl halides is 6. The van der Waals surface area contributed by atoms with Crippen LogP contribution in [-0.4, -0.2) is 63.4 Å². The first-order valence-corrected chi connectivity index (χ1v) is 13.2. The van der Waals surface area contributed by atoms with Crippen molar-refractivity contribution >= 4 is 31.6 Å². The van der Waals surface area contributed by atoms with E-state index in [1.54, 1.807) is 0 Å². The summed E-state index contributed by atoms with van der Waals surface area (Å²) in [5.41, 5.74) is -5.61. The Labute approximate surface area is 190 Å². The molecule has 4 fully saturated rings. The lowest BCUT2D eigenvalue weighted by molar-refractivity contribution is -0.336. The van der Waals surface area contributed by atoms with Crippen molar-refractivity contribution in [3.63, 3.8) is 0 Å². The van der Waals surface area contributed by atoms with Gasteiger partial charge < -0.3 is 5.32 Å². The largest absolute Gasteiger partial charge is 0.416 e. The Morgan fingerprint density at radius 3 is 2.06 bits per heavy atom. The van der Waals surface area contributed by atoms with E-state index in [0.717, 1.165) is 10.4 Å². The summed E-state index contributed by atoms with van der Waals surface area (Å²) in [6.07, 6.45) is -10.5. The molecule has 1 saturated heterocycles. The third-order valence-electron chi connectivity index (χ3n) is 6.48. The van der Waals surface area contributed by atoms with Crippen LogP contribution in [0.1, 0.15) is 35.2 Å². The Hall–Kier alpha value is -2.07. The van der Waals surface area contributed by atoms with E-state index in [0.29, 0.717) is 12.1 Å². The highest BCUT2D eigenvalue weighted by atomic mass is 32.2. The lowest BCUT2D eigenvalue weighted by atomic mass is 9.39. The molecule has 0 aromatic heterocycles. The molecular formula is C18H19F6N3O5S2. The zero-order chi connectivity index (χ0) is 25.4. The van der Waals surface area contributed by atoms with Crippen LogP contribution < -0.4 is 10.0 Å². The van der Waals surface area contributed by atoms with Crippen LogP contribution in [0.5, 0.6) is 0 Å². The number of carbonyl (C=O) groups excluding carboxylic acids is 1. The molecule has 3 saturated carbocycles. The summed E-state index contributed by atoms with van der Waals surface area (Å²) in [7, 11) is -7.86. The molecule has 0 atom stereocenters. The van der Waals surface area contributed by atoms with Crippen molar-refractivity contribution in [1.29, 1.82) is 0 Å². The fraction of sp³-hybridized carbons (Fsp3) is 0.611. The standard InChI is InChI=1S/C18H19F6N3O5S2/c19-17(20,21)11-1-2-13(26-34(31,32)27-3-5-33(29,30)6-4-27)12(7-11)14(28)25-16-8-15(9-16,10-16)18(22,23)24/h1-2,7,26H,3-6,8-10H2,(H,25,28). The van der Waals surface area contributed by atoms with E-state index in [-0.39, 0.29) is 13.1 Å². The maximum atomic E-state index is 13.2. The second-order valence-corrected chi connectivity index (χ2v) is 12.9. The molecular weight excluding hydrogens is 516 g/mol. The van der Waals surface area contributed by atoms with Crippen LogP contribution in [0, 0.1) is 5.41 Å². The monoisotopic (exact) mass is 535 g/mol. The van der Waals surface area contributed by atoms with Crippen LogP contribution in [0.15, 0.2) is 18.2 Å². The Morgan fingerprint density at radius 2 is 1.56 bits per heavy atom. The number of amides is 1.